The molecule has 3 nitrogen and oxygen atoms in total. The molecule has 128 valence electrons. The van der Waals surface area contributed by atoms with Crippen molar-refractivity contribution in [2.24, 2.45) is 0 Å². The molecule has 3 rings (SSSR count). The minimum atomic E-state index is -0.823. The zero-order valence-corrected chi connectivity index (χ0v) is 14.1. The number of likely N-dealkylation sites (N-methyl/N-ethyl adjacent to an activating group) is 1. The topological polar surface area (TPSA) is 43.7 Å². The van der Waals surface area contributed by atoms with Crippen molar-refractivity contribution in [1.82, 2.24) is 4.90 Å². The average Bonchev–Trinajstić information content (AvgIpc) is 2.63. The van der Waals surface area contributed by atoms with Gasteiger partial charge in [0.15, 0.2) is 0 Å². The van der Waals surface area contributed by atoms with Gasteiger partial charge in [-0.1, -0.05) is 30.3 Å². The lowest BCUT2D eigenvalue weighted by molar-refractivity contribution is 0.0787. The molecule has 0 unspecified atom stereocenters. The molecule has 3 atom stereocenters. The van der Waals surface area contributed by atoms with Crippen molar-refractivity contribution < 1.29 is 14.6 Å². The molecule has 24 heavy (non-hydrogen) atoms. The second-order valence-corrected chi connectivity index (χ2v) is 6.92. The summed E-state index contributed by atoms with van der Waals surface area (Å²) in [6.45, 7) is 0.529. The van der Waals surface area contributed by atoms with Gasteiger partial charge < -0.3 is 15.1 Å². The first-order chi connectivity index (χ1) is 11.5. The molecule has 0 saturated carbocycles. The molecule has 0 radical (unpaired) electrons. The van der Waals surface area contributed by atoms with E-state index in [2.05, 4.69) is 0 Å². The normalized spacial score (nSPS) is 21.1. The largest absolute Gasteiger partial charge is 0.392 e. The van der Waals surface area contributed by atoms with Crippen molar-refractivity contribution >= 4 is 0 Å². The highest BCUT2D eigenvalue weighted by atomic mass is 19.1. The van der Waals surface area contributed by atoms with Crippen LogP contribution in [0.3, 0.4) is 0 Å². The fraction of sp³-hybridized carbons (Fsp3) is 0.400. The van der Waals surface area contributed by atoms with E-state index in [-0.39, 0.29) is 11.7 Å². The summed E-state index contributed by atoms with van der Waals surface area (Å²) in [4.78, 5) is 1.92. The highest BCUT2D eigenvalue weighted by Crippen LogP contribution is 2.41. The smallest absolute Gasteiger partial charge is 0.123 e. The standard InChI is InChI=1S/C20H24FNO2/c1-22(2)12-16(23)11-19-17-6-4-3-5-13(17)9-14-7-8-15(21)10-18(14)20(19)24/h3-8,10,16,19-20,23-24H,9,11-12H2,1-2H3/t16-,19-,20-/m1/s1. The number of aliphatic hydroxyl groups excluding tert-OH is 2. The lowest BCUT2D eigenvalue weighted by Crippen LogP contribution is -2.28. The van der Waals surface area contributed by atoms with E-state index in [9.17, 15) is 14.6 Å². The van der Waals surface area contributed by atoms with E-state index in [1.54, 1.807) is 6.07 Å². The summed E-state index contributed by atoms with van der Waals surface area (Å²) in [7, 11) is 3.82. The second-order valence-electron chi connectivity index (χ2n) is 6.92. The zero-order valence-electron chi connectivity index (χ0n) is 14.1. The number of rotatable bonds is 4. The van der Waals surface area contributed by atoms with E-state index in [1.807, 2.05) is 43.3 Å². The first-order valence-electron chi connectivity index (χ1n) is 8.32. The van der Waals surface area contributed by atoms with Gasteiger partial charge in [-0.25, -0.2) is 4.39 Å². The van der Waals surface area contributed by atoms with E-state index in [0.29, 0.717) is 24.9 Å². The van der Waals surface area contributed by atoms with Gasteiger partial charge >= 0.3 is 0 Å². The van der Waals surface area contributed by atoms with Gasteiger partial charge in [0, 0.05) is 12.5 Å². The Kier molecular flexibility index (Phi) is 4.99. The Morgan fingerprint density at radius 2 is 1.83 bits per heavy atom. The molecular weight excluding hydrogens is 305 g/mol. The molecule has 0 aromatic heterocycles. The summed E-state index contributed by atoms with van der Waals surface area (Å²) < 4.78 is 13.7. The van der Waals surface area contributed by atoms with E-state index in [4.69, 9.17) is 0 Å². The molecule has 0 fully saturated rings. The van der Waals surface area contributed by atoms with Gasteiger partial charge in [0.1, 0.15) is 5.82 Å². The van der Waals surface area contributed by atoms with Crippen LogP contribution in [0.25, 0.3) is 0 Å². The summed E-state index contributed by atoms with van der Waals surface area (Å²) in [6.07, 6.45) is -0.269. The van der Waals surface area contributed by atoms with Crippen LogP contribution < -0.4 is 0 Å². The summed E-state index contributed by atoms with van der Waals surface area (Å²) in [6, 6.07) is 12.6. The minimum Gasteiger partial charge on any atom is -0.392 e. The van der Waals surface area contributed by atoms with Crippen LogP contribution in [0.15, 0.2) is 42.5 Å². The van der Waals surface area contributed by atoms with Gasteiger partial charge in [0.05, 0.1) is 12.2 Å². The van der Waals surface area contributed by atoms with Gasteiger partial charge in [-0.15, -0.1) is 0 Å². The second kappa shape index (κ2) is 7.01. The predicted octanol–water partition coefficient (Wildman–Crippen LogP) is 2.86. The highest BCUT2D eigenvalue weighted by Gasteiger charge is 2.31. The van der Waals surface area contributed by atoms with Gasteiger partial charge in [0.2, 0.25) is 0 Å². The van der Waals surface area contributed by atoms with E-state index in [1.165, 1.54) is 12.1 Å². The molecule has 2 aromatic rings. The first-order valence-corrected chi connectivity index (χ1v) is 8.32. The third kappa shape index (κ3) is 3.51. The fourth-order valence-corrected chi connectivity index (χ4v) is 3.70. The molecule has 0 spiro atoms. The SMILES string of the molecule is CN(C)C[C@H](O)C[C@@H]1c2ccccc2Cc2ccc(F)cc2[C@H]1O. The lowest BCUT2D eigenvalue weighted by Gasteiger charge is -2.27. The molecule has 1 aliphatic rings. The Morgan fingerprint density at radius 1 is 1.12 bits per heavy atom. The van der Waals surface area contributed by atoms with Crippen LogP contribution in [0.2, 0.25) is 0 Å². The molecule has 1 aliphatic carbocycles. The summed E-state index contributed by atoms with van der Waals surface area (Å²) in [5, 5.41) is 21.3. The van der Waals surface area contributed by atoms with Crippen LogP contribution in [-0.2, 0) is 6.42 Å². The Hall–Kier alpha value is -1.75. The molecule has 2 N–H and O–H groups in total. The molecule has 2 aromatic carbocycles. The number of hydrogen-bond acceptors (Lipinski definition) is 3. The van der Waals surface area contributed by atoms with Crippen LogP contribution in [-0.4, -0.2) is 41.9 Å². The van der Waals surface area contributed by atoms with Gasteiger partial charge in [-0.3, -0.25) is 0 Å². The Morgan fingerprint density at radius 3 is 2.58 bits per heavy atom. The maximum atomic E-state index is 13.7. The highest BCUT2D eigenvalue weighted by molar-refractivity contribution is 5.44. The van der Waals surface area contributed by atoms with Crippen LogP contribution >= 0.6 is 0 Å². The summed E-state index contributed by atoms with van der Waals surface area (Å²) in [5.41, 5.74) is 3.75. The predicted molar refractivity (Wildman–Crippen MR) is 92.5 cm³/mol. The van der Waals surface area contributed by atoms with Crippen LogP contribution in [0, 0.1) is 5.82 Å². The van der Waals surface area contributed by atoms with Crippen molar-refractivity contribution in [3.8, 4) is 0 Å². The summed E-state index contributed by atoms with van der Waals surface area (Å²) >= 11 is 0. The molecule has 4 heteroatoms. The number of benzene rings is 2. The Bertz CT molecular complexity index is 717. The number of hydrogen-bond donors (Lipinski definition) is 2. The van der Waals surface area contributed by atoms with E-state index >= 15 is 0 Å². The fourth-order valence-electron chi connectivity index (χ4n) is 3.70. The first kappa shape index (κ1) is 17.1. The molecular formula is C20H24FNO2. The number of halogens is 1. The maximum absolute atomic E-state index is 13.7. The number of aliphatic hydroxyl groups is 2. The lowest BCUT2D eigenvalue weighted by atomic mass is 9.84. The quantitative estimate of drug-likeness (QED) is 0.906. The van der Waals surface area contributed by atoms with Crippen molar-refractivity contribution in [2.75, 3.05) is 20.6 Å². The van der Waals surface area contributed by atoms with Gasteiger partial charge in [0.25, 0.3) is 0 Å². The zero-order chi connectivity index (χ0) is 17.3. The van der Waals surface area contributed by atoms with Gasteiger partial charge in [-0.05, 0) is 61.3 Å². The van der Waals surface area contributed by atoms with Crippen molar-refractivity contribution in [3.05, 3.63) is 70.5 Å². The molecule has 0 heterocycles. The third-order valence-electron chi connectivity index (χ3n) is 4.75. The van der Waals surface area contributed by atoms with E-state index in [0.717, 1.165) is 16.7 Å². The van der Waals surface area contributed by atoms with Crippen LogP contribution in [0.4, 0.5) is 4.39 Å². The maximum Gasteiger partial charge on any atom is 0.123 e. The van der Waals surface area contributed by atoms with Gasteiger partial charge in [-0.2, -0.15) is 0 Å². The summed E-state index contributed by atoms with van der Waals surface area (Å²) in [5.74, 6) is -0.592. The molecule has 0 amide bonds. The number of nitrogens with zero attached hydrogens (tertiary/aromatic N) is 1. The number of fused-ring (bicyclic) bond motifs is 2. The third-order valence-corrected chi connectivity index (χ3v) is 4.75. The Labute approximate surface area is 142 Å². The van der Waals surface area contributed by atoms with Crippen molar-refractivity contribution in [3.63, 3.8) is 0 Å². The minimum absolute atomic E-state index is 0.251. The van der Waals surface area contributed by atoms with Crippen LogP contribution in [0.5, 0.6) is 0 Å². The Balaban J connectivity index is 2.01. The van der Waals surface area contributed by atoms with Crippen molar-refractivity contribution in [1.29, 1.82) is 0 Å². The molecule has 0 bridgehead atoms. The van der Waals surface area contributed by atoms with E-state index < -0.39 is 12.2 Å². The van der Waals surface area contributed by atoms with Crippen LogP contribution in [0.1, 0.15) is 40.7 Å². The molecule has 0 saturated heterocycles. The molecule has 0 aliphatic heterocycles. The monoisotopic (exact) mass is 329 g/mol. The average molecular weight is 329 g/mol. The van der Waals surface area contributed by atoms with Crippen molar-refractivity contribution in [2.45, 2.75) is 31.0 Å².